The molecule has 2 rings (SSSR count). The number of methoxy groups -OCH3 is 1. The van der Waals surface area contributed by atoms with Gasteiger partial charge in [-0.05, 0) is 23.9 Å². The SMILES string of the molecule is COc1cc(C2CC(=O)CCC2C)sn1. The minimum atomic E-state index is 0.354. The number of nitrogens with zero attached hydrogens (tertiary/aromatic N) is 1. The number of ether oxygens (including phenoxy) is 1. The zero-order valence-corrected chi connectivity index (χ0v) is 9.84. The van der Waals surface area contributed by atoms with Crippen molar-refractivity contribution in [3.63, 3.8) is 0 Å². The molecule has 1 aliphatic carbocycles. The Hall–Kier alpha value is -0.900. The lowest BCUT2D eigenvalue weighted by molar-refractivity contribution is -0.121. The third kappa shape index (κ3) is 2.20. The number of carbonyl (C=O) groups excluding carboxylic acids is 1. The molecule has 0 aromatic carbocycles. The van der Waals surface area contributed by atoms with Gasteiger partial charge in [-0.1, -0.05) is 6.92 Å². The zero-order chi connectivity index (χ0) is 10.8. The first-order chi connectivity index (χ1) is 7.20. The van der Waals surface area contributed by atoms with Crippen LogP contribution in [0.2, 0.25) is 0 Å². The maximum Gasteiger partial charge on any atom is 0.225 e. The Morgan fingerprint density at radius 2 is 2.40 bits per heavy atom. The van der Waals surface area contributed by atoms with Crippen molar-refractivity contribution in [3.8, 4) is 5.88 Å². The van der Waals surface area contributed by atoms with Crippen molar-refractivity contribution in [1.29, 1.82) is 0 Å². The molecular weight excluding hydrogens is 210 g/mol. The fraction of sp³-hybridized carbons (Fsp3) is 0.636. The Labute approximate surface area is 93.6 Å². The highest BCUT2D eigenvalue weighted by atomic mass is 32.1. The van der Waals surface area contributed by atoms with Gasteiger partial charge < -0.3 is 4.74 Å². The number of ketones is 1. The number of hydrogen-bond acceptors (Lipinski definition) is 4. The molecule has 2 unspecified atom stereocenters. The molecule has 2 atom stereocenters. The lowest BCUT2D eigenvalue weighted by atomic mass is 9.79. The molecule has 0 saturated heterocycles. The van der Waals surface area contributed by atoms with Crippen LogP contribution in [0.3, 0.4) is 0 Å². The molecule has 0 aliphatic heterocycles. The fourth-order valence-electron chi connectivity index (χ4n) is 2.06. The summed E-state index contributed by atoms with van der Waals surface area (Å²) in [5, 5.41) is 0. The molecule has 0 radical (unpaired) electrons. The smallest absolute Gasteiger partial charge is 0.225 e. The van der Waals surface area contributed by atoms with E-state index in [1.54, 1.807) is 7.11 Å². The van der Waals surface area contributed by atoms with Crippen LogP contribution in [0.15, 0.2) is 6.07 Å². The molecule has 0 N–H and O–H groups in total. The van der Waals surface area contributed by atoms with E-state index < -0.39 is 0 Å². The number of carbonyl (C=O) groups is 1. The van der Waals surface area contributed by atoms with Gasteiger partial charge in [-0.2, -0.15) is 4.37 Å². The molecule has 1 aromatic heterocycles. The number of Topliss-reactive ketones (excluding diaryl/α,β-unsaturated/α-hetero) is 1. The van der Waals surface area contributed by atoms with E-state index in [0.29, 0.717) is 29.9 Å². The van der Waals surface area contributed by atoms with Crippen LogP contribution in [-0.4, -0.2) is 17.3 Å². The van der Waals surface area contributed by atoms with E-state index in [1.165, 1.54) is 16.4 Å². The largest absolute Gasteiger partial charge is 0.480 e. The van der Waals surface area contributed by atoms with Gasteiger partial charge in [-0.3, -0.25) is 4.79 Å². The Balaban J connectivity index is 2.17. The van der Waals surface area contributed by atoms with Crippen molar-refractivity contribution in [1.82, 2.24) is 4.37 Å². The topological polar surface area (TPSA) is 39.2 Å². The Kier molecular flexibility index (Phi) is 3.05. The van der Waals surface area contributed by atoms with E-state index in [9.17, 15) is 4.79 Å². The van der Waals surface area contributed by atoms with E-state index in [2.05, 4.69) is 11.3 Å². The molecule has 1 heterocycles. The monoisotopic (exact) mass is 225 g/mol. The molecule has 0 amide bonds. The van der Waals surface area contributed by atoms with Crippen LogP contribution in [0.4, 0.5) is 0 Å². The van der Waals surface area contributed by atoms with Gasteiger partial charge in [-0.15, -0.1) is 0 Å². The normalized spacial score (nSPS) is 26.7. The molecule has 82 valence electrons. The second-order valence-corrected chi connectivity index (χ2v) is 4.97. The predicted molar refractivity (Wildman–Crippen MR) is 59.4 cm³/mol. The molecule has 1 fully saturated rings. The quantitative estimate of drug-likeness (QED) is 0.776. The third-order valence-corrected chi connectivity index (χ3v) is 4.00. The van der Waals surface area contributed by atoms with Crippen molar-refractivity contribution < 1.29 is 9.53 Å². The summed E-state index contributed by atoms with van der Waals surface area (Å²) in [7, 11) is 1.62. The molecule has 0 spiro atoms. The summed E-state index contributed by atoms with van der Waals surface area (Å²) in [4.78, 5) is 12.6. The molecule has 1 aliphatic rings. The maximum absolute atomic E-state index is 11.4. The van der Waals surface area contributed by atoms with Crippen molar-refractivity contribution >= 4 is 17.3 Å². The minimum absolute atomic E-state index is 0.354. The van der Waals surface area contributed by atoms with Crippen LogP contribution in [0, 0.1) is 5.92 Å². The van der Waals surface area contributed by atoms with Gasteiger partial charge in [0.05, 0.1) is 7.11 Å². The number of rotatable bonds is 2. The summed E-state index contributed by atoms with van der Waals surface area (Å²) in [6, 6.07) is 1.96. The van der Waals surface area contributed by atoms with Crippen LogP contribution >= 0.6 is 11.5 Å². The van der Waals surface area contributed by atoms with E-state index in [-0.39, 0.29) is 0 Å². The van der Waals surface area contributed by atoms with E-state index in [1.807, 2.05) is 6.07 Å². The Bertz CT molecular complexity index is 361. The second-order valence-electron chi connectivity index (χ2n) is 4.14. The summed E-state index contributed by atoms with van der Waals surface area (Å²) in [6.45, 7) is 2.21. The average Bonchev–Trinajstić information content (AvgIpc) is 2.70. The molecule has 4 heteroatoms. The highest BCUT2D eigenvalue weighted by Gasteiger charge is 2.29. The van der Waals surface area contributed by atoms with E-state index in [0.717, 1.165) is 12.8 Å². The third-order valence-electron chi connectivity index (χ3n) is 3.09. The second kappa shape index (κ2) is 4.31. The summed E-state index contributed by atoms with van der Waals surface area (Å²) < 4.78 is 9.24. The maximum atomic E-state index is 11.4. The predicted octanol–water partition coefficient (Wildman–Crippen LogP) is 2.62. The van der Waals surface area contributed by atoms with E-state index >= 15 is 0 Å². The molecular formula is C11H15NO2S. The fourth-order valence-corrected chi connectivity index (χ4v) is 2.99. The first-order valence-electron chi connectivity index (χ1n) is 5.23. The van der Waals surface area contributed by atoms with Crippen LogP contribution in [-0.2, 0) is 4.79 Å². The van der Waals surface area contributed by atoms with Gasteiger partial charge >= 0.3 is 0 Å². The van der Waals surface area contributed by atoms with Gasteiger partial charge in [0.15, 0.2) is 0 Å². The number of aromatic nitrogens is 1. The van der Waals surface area contributed by atoms with Crippen LogP contribution in [0.5, 0.6) is 5.88 Å². The summed E-state index contributed by atoms with van der Waals surface area (Å²) >= 11 is 1.46. The van der Waals surface area contributed by atoms with Gasteiger partial charge in [0.25, 0.3) is 0 Å². The van der Waals surface area contributed by atoms with Crippen LogP contribution in [0.1, 0.15) is 37.0 Å². The zero-order valence-electron chi connectivity index (χ0n) is 9.03. The van der Waals surface area contributed by atoms with Crippen molar-refractivity contribution in [2.24, 2.45) is 5.92 Å². The summed E-state index contributed by atoms with van der Waals surface area (Å²) in [6.07, 6.45) is 2.42. The molecule has 1 aromatic rings. The van der Waals surface area contributed by atoms with Crippen molar-refractivity contribution in [2.45, 2.75) is 32.1 Å². The van der Waals surface area contributed by atoms with Crippen molar-refractivity contribution in [2.75, 3.05) is 7.11 Å². The van der Waals surface area contributed by atoms with Gasteiger partial charge in [0.1, 0.15) is 5.78 Å². The van der Waals surface area contributed by atoms with Crippen molar-refractivity contribution in [3.05, 3.63) is 10.9 Å². The average molecular weight is 225 g/mol. The molecule has 3 nitrogen and oxygen atoms in total. The van der Waals surface area contributed by atoms with E-state index in [4.69, 9.17) is 4.74 Å². The van der Waals surface area contributed by atoms with Gasteiger partial charge in [-0.25, -0.2) is 0 Å². The highest BCUT2D eigenvalue weighted by molar-refractivity contribution is 7.06. The standard InChI is InChI=1S/C11H15NO2S/c1-7-3-4-8(13)5-9(7)10-6-11(14-2)12-15-10/h6-7,9H,3-5H2,1-2H3. The van der Waals surface area contributed by atoms with Gasteiger partial charge in [0.2, 0.25) is 5.88 Å². The van der Waals surface area contributed by atoms with Gasteiger partial charge in [0, 0.05) is 29.7 Å². The summed E-state index contributed by atoms with van der Waals surface area (Å²) in [5.74, 6) is 1.98. The molecule has 15 heavy (non-hydrogen) atoms. The lowest BCUT2D eigenvalue weighted by Crippen LogP contribution is -2.20. The van der Waals surface area contributed by atoms with Crippen LogP contribution in [0.25, 0.3) is 0 Å². The molecule has 0 bridgehead atoms. The highest BCUT2D eigenvalue weighted by Crippen LogP contribution is 2.38. The Morgan fingerprint density at radius 3 is 3.07 bits per heavy atom. The summed E-state index contributed by atoms with van der Waals surface area (Å²) in [5.41, 5.74) is 0. The first kappa shape index (κ1) is 10.6. The minimum Gasteiger partial charge on any atom is -0.480 e. The van der Waals surface area contributed by atoms with Crippen LogP contribution < -0.4 is 4.74 Å². The number of hydrogen-bond donors (Lipinski definition) is 0. The molecule has 1 saturated carbocycles. The first-order valence-corrected chi connectivity index (χ1v) is 6.00. The Morgan fingerprint density at radius 1 is 1.60 bits per heavy atom. The lowest BCUT2D eigenvalue weighted by Gasteiger charge is -2.26.